The molecule has 35 heavy (non-hydrogen) atoms. The second-order valence-corrected chi connectivity index (χ2v) is 10.5. The zero-order chi connectivity index (χ0) is 22.7. The number of aromatic nitrogens is 3. The van der Waals surface area contributed by atoms with E-state index in [9.17, 15) is 0 Å². The molecule has 0 radical (unpaired) electrons. The van der Waals surface area contributed by atoms with Gasteiger partial charge in [-0.1, -0.05) is 60.3 Å². The smallest absolute Gasteiger partial charge is 0.185 e. The topological polar surface area (TPSA) is 12.7 Å². The molecular formula is C31H19N3S+2. The van der Waals surface area contributed by atoms with Crippen molar-refractivity contribution in [1.82, 2.24) is 4.57 Å². The standard InChI is InChI=1S/C31H19N3S/c1-2-10-20(11-3-1)33-25-16-9-18-27-29(25)34-28-23(14-8-17-26(28)35-27)31(30(33)34)22-13-5-4-12-21(22)24-15-6-7-19-32(24)31/h1-19H/q+2. The third kappa shape index (κ3) is 1.92. The number of para-hydroxylation sites is 3. The van der Waals surface area contributed by atoms with Crippen molar-refractivity contribution >= 4 is 22.8 Å². The first kappa shape index (κ1) is 18.2. The zero-order valence-corrected chi connectivity index (χ0v) is 19.5. The van der Waals surface area contributed by atoms with Crippen LogP contribution in [0.25, 0.3) is 33.7 Å². The predicted molar refractivity (Wildman–Crippen MR) is 136 cm³/mol. The molecule has 4 heteroatoms. The highest BCUT2D eigenvalue weighted by molar-refractivity contribution is 7.99. The summed E-state index contributed by atoms with van der Waals surface area (Å²) in [5, 5.41) is 0. The van der Waals surface area contributed by atoms with Crippen LogP contribution in [-0.2, 0) is 5.54 Å². The molecule has 0 aliphatic carbocycles. The lowest BCUT2D eigenvalue weighted by Crippen LogP contribution is -2.57. The maximum atomic E-state index is 2.56. The van der Waals surface area contributed by atoms with Crippen molar-refractivity contribution in [2.24, 2.45) is 0 Å². The van der Waals surface area contributed by atoms with E-state index in [1.165, 1.54) is 60.4 Å². The highest BCUT2D eigenvalue weighted by atomic mass is 32.2. The summed E-state index contributed by atoms with van der Waals surface area (Å²) in [6, 6.07) is 40.0. The summed E-state index contributed by atoms with van der Waals surface area (Å²) in [6.45, 7) is 0. The molecule has 0 bridgehead atoms. The summed E-state index contributed by atoms with van der Waals surface area (Å²) in [5.41, 5.74) is 9.84. The van der Waals surface area contributed by atoms with Crippen molar-refractivity contribution in [1.29, 1.82) is 0 Å². The summed E-state index contributed by atoms with van der Waals surface area (Å²) in [5.74, 6) is 1.27. The molecule has 0 saturated heterocycles. The minimum atomic E-state index is -0.463. The number of pyridine rings is 1. The minimum absolute atomic E-state index is 0.463. The third-order valence-corrected chi connectivity index (χ3v) is 8.95. The second-order valence-electron chi connectivity index (χ2n) is 9.42. The average Bonchev–Trinajstić information content (AvgIpc) is 3.52. The van der Waals surface area contributed by atoms with Gasteiger partial charge in [0.25, 0.3) is 0 Å². The number of rotatable bonds is 1. The summed E-state index contributed by atoms with van der Waals surface area (Å²) in [7, 11) is 0. The van der Waals surface area contributed by atoms with Crippen LogP contribution in [0.15, 0.2) is 125 Å². The highest BCUT2D eigenvalue weighted by Gasteiger charge is 2.68. The van der Waals surface area contributed by atoms with Crippen LogP contribution < -0.4 is 9.13 Å². The SMILES string of the molecule is c1ccc(-n2c3[n+]4c5c(cccc52)Sc2cccc(c2-4)C32c3ccccc3-c3cccc[n+]32)cc1. The molecule has 6 aromatic rings. The van der Waals surface area contributed by atoms with Crippen LogP contribution in [0.1, 0.15) is 17.0 Å². The Morgan fingerprint density at radius 3 is 2.37 bits per heavy atom. The van der Waals surface area contributed by atoms with Crippen molar-refractivity contribution in [3.8, 4) is 22.6 Å². The van der Waals surface area contributed by atoms with Gasteiger partial charge in [0.05, 0.1) is 26.5 Å². The number of fused-ring (bicyclic) bond motifs is 7. The van der Waals surface area contributed by atoms with Gasteiger partial charge in [0.2, 0.25) is 5.69 Å². The largest absolute Gasteiger partial charge is 0.352 e. The van der Waals surface area contributed by atoms with Crippen molar-refractivity contribution in [2.75, 3.05) is 0 Å². The normalized spacial score (nSPS) is 17.7. The first-order chi connectivity index (χ1) is 17.4. The van der Waals surface area contributed by atoms with Gasteiger partial charge in [-0.25, -0.2) is 0 Å². The fraction of sp³-hybridized carbons (Fsp3) is 0.0323. The molecule has 0 amide bonds. The van der Waals surface area contributed by atoms with Gasteiger partial charge >= 0.3 is 11.4 Å². The predicted octanol–water partition coefficient (Wildman–Crippen LogP) is 5.79. The van der Waals surface area contributed by atoms with Crippen LogP contribution in [0.5, 0.6) is 0 Å². The van der Waals surface area contributed by atoms with Crippen LogP contribution in [0, 0.1) is 0 Å². The Morgan fingerprint density at radius 2 is 1.43 bits per heavy atom. The molecule has 3 aliphatic rings. The van der Waals surface area contributed by atoms with E-state index < -0.39 is 5.54 Å². The number of nitrogens with zero attached hydrogens (tertiary/aromatic N) is 3. The number of hydrogen-bond donors (Lipinski definition) is 0. The first-order valence-electron chi connectivity index (χ1n) is 12.0. The lowest BCUT2D eigenvalue weighted by Gasteiger charge is -2.20. The molecule has 1 spiro atoms. The zero-order valence-electron chi connectivity index (χ0n) is 18.7. The van der Waals surface area contributed by atoms with Crippen LogP contribution in [-0.4, -0.2) is 4.57 Å². The molecule has 4 aromatic carbocycles. The Hall–Kier alpha value is -4.15. The summed E-state index contributed by atoms with van der Waals surface area (Å²) in [6.07, 6.45) is 2.26. The number of imidazole rings is 1. The molecule has 3 nitrogen and oxygen atoms in total. The van der Waals surface area contributed by atoms with E-state index in [0.29, 0.717) is 0 Å². The minimum Gasteiger partial charge on any atom is -0.185 e. The molecule has 3 aliphatic heterocycles. The summed E-state index contributed by atoms with van der Waals surface area (Å²) >= 11 is 1.89. The Bertz CT molecular complexity index is 1840. The molecule has 0 N–H and O–H groups in total. The molecule has 1 unspecified atom stereocenters. The Labute approximate surface area is 206 Å². The van der Waals surface area contributed by atoms with Crippen LogP contribution in [0.3, 0.4) is 0 Å². The number of hydrogen-bond acceptors (Lipinski definition) is 1. The van der Waals surface area contributed by atoms with Gasteiger partial charge in [-0.2, -0.15) is 13.7 Å². The van der Waals surface area contributed by atoms with Gasteiger partial charge in [0.1, 0.15) is 5.69 Å². The summed E-state index contributed by atoms with van der Waals surface area (Å²) < 4.78 is 7.57. The third-order valence-electron chi connectivity index (χ3n) is 7.85. The summed E-state index contributed by atoms with van der Waals surface area (Å²) in [4.78, 5) is 2.63. The molecule has 0 saturated carbocycles. The van der Waals surface area contributed by atoms with Crippen LogP contribution >= 0.6 is 11.8 Å². The van der Waals surface area contributed by atoms with E-state index >= 15 is 0 Å². The number of benzene rings is 4. The van der Waals surface area contributed by atoms with E-state index in [4.69, 9.17) is 0 Å². The Morgan fingerprint density at radius 1 is 0.657 bits per heavy atom. The van der Waals surface area contributed by atoms with Gasteiger partial charge in [0, 0.05) is 12.1 Å². The monoisotopic (exact) mass is 465 g/mol. The van der Waals surface area contributed by atoms with Crippen molar-refractivity contribution in [2.45, 2.75) is 15.3 Å². The molecular weight excluding hydrogens is 446 g/mol. The van der Waals surface area contributed by atoms with Crippen molar-refractivity contribution in [3.05, 3.63) is 132 Å². The second kappa shape index (κ2) is 6.09. The van der Waals surface area contributed by atoms with Gasteiger partial charge in [0.15, 0.2) is 22.9 Å². The first-order valence-corrected chi connectivity index (χ1v) is 12.8. The molecule has 0 fully saturated rings. The lowest BCUT2D eigenvalue weighted by molar-refractivity contribution is -0.733. The van der Waals surface area contributed by atoms with E-state index in [1.807, 2.05) is 11.8 Å². The van der Waals surface area contributed by atoms with E-state index in [2.05, 4.69) is 129 Å². The Balaban J connectivity index is 1.60. The van der Waals surface area contributed by atoms with E-state index in [0.717, 1.165) is 0 Å². The van der Waals surface area contributed by atoms with E-state index in [-0.39, 0.29) is 0 Å². The van der Waals surface area contributed by atoms with Gasteiger partial charge in [-0.3, -0.25) is 0 Å². The van der Waals surface area contributed by atoms with Gasteiger partial charge in [-0.05, 0) is 48.5 Å². The quantitative estimate of drug-likeness (QED) is 0.280. The van der Waals surface area contributed by atoms with Gasteiger partial charge in [-0.15, -0.1) is 0 Å². The molecule has 9 rings (SSSR count). The maximum Gasteiger partial charge on any atom is 0.352 e. The molecule has 5 heterocycles. The maximum absolute atomic E-state index is 2.56. The Kier molecular flexibility index (Phi) is 3.17. The van der Waals surface area contributed by atoms with Crippen molar-refractivity contribution in [3.63, 3.8) is 0 Å². The van der Waals surface area contributed by atoms with Crippen molar-refractivity contribution < 1.29 is 9.13 Å². The fourth-order valence-corrected chi connectivity index (χ4v) is 7.79. The van der Waals surface area contributed by atoms with E-state index in [1.54, 1.807) is 0 Å². The van der Waals surface area contributed by atoms with Crippen LogP contribution in [0.4, 0.5) is 0 Å². The van der Waals surface area contributed by atoms with Crippen LogP contribution in [0.2, 0.25) is 0 Å². The average molecular weight is 466 g/mol. The lowest BCUT2D eigenvalue weighted by atomic mass is 9.83. The molecule has 162 valence electrons. The highest BCUT2D eigenvalue weighted by Crippen LogP contribution is 2.55. The fourth-order valence-electron chi connectivity index (χ4n) is 6.67. The molecule has 2 aromatic heterocycles. The molecule has 1 atom stereocenters. The van der Waals surface area contributed by atoms with Gasteiger partial charge < -0.3 is 0 Å².